The average Bonchev–Trinajstić information content (AvgIpc) is 1.80. The number of rotatable bonds is 5. The van der Waals surface area contributed by atoms with E-state index in [2.05, 4.69) is 0 Å². The Kier molecular flexibility index (Phi) is 5.71. The van der Waals surface area contributed by atoms with Crippen molar-refractivity contribution in [2.75, 3.05) is 0 Å². The fourth-order valence-corrected chi connectivity index (χ4v) is 0.978. The zero-order valence-corrected chi connectivity index (χ0v) is 9.16. The van der Waals surface area contributed by atoms with Crippen LogP contribution in [0.15, 0.2) is 0 Å². The van der Waals surface area contributed by atoms with Crippen molar-refractivity contribution in [2.24, 2.45) is 5.92 Å². The molecule has 3 nitrogen and oxygen atoms in total. The van der Waals surface area contributed by atoms with Gasteiger partial charge in [0.1, 0.15) is 0 Å². The Morgan fingerprint density at radius 2 is 1.69 bits per heavy atom. The van der Waals surface area contributed by atoms with Crippen molar-refractivity contribution in [3.8, 4) is 0 Å². The maximum absolute atomic E-state index is 11.1. The first kappa shape index (κ1) is 12.4. The van der Waals surface area contributed by atoms with Gasteiger partial charge in [-0.2, -0.15) is 0 Å². The lowest BCUT2D eigenvalue weighted by molar-refractivity contribution is -0.182. The average molecular weight is 188 g/mol. The van der Waals surface area contributed by atoms with E-state index in [4.69, 9.17) is 9.47 Å². The zero-order valence-electron chi connectivity index (χ0n) is 9.16. The molecule has 1 unspecified atom stereocenters. The molecular weight excluding hydrogens is 168 g/mol. The van der Waals surface area contributed by atoms with Gasteiger partial charge in [0, 0.05) is 6.42 Å². The van der Waals surface area contributed by atoms with E-state index in [0.717, 1.165) is 0 Å². The Bertz CT molecular complexity index is 152. The summed E-state index contributed by atoms with van der Waals surface area (Å²) in [5.74, 6) is 0.141. The third kappa shape index (κ3) is 7.78. The lowest BCUT2D eigenvalue weighted by Gasteiger charge is -2.16. The van der Waals surface area contributed by atoms with E-state index in [-0.39, 0.29) is 12.1 Å². The van der Waals surface area contributed by atoms with Gasteiger partial charge in [-0.25, -0.2) is 0 Å². The van der Waals surface area contributed by atoms with Crippen molar-refractivity contribution in [3.63, 3.8) is 0 Å². The van der Waals surface area contributed by atoms with E-state index in [1.54, 1.807) is 6.92 Å². The molecule has 0 spiro atoms. The van der Waals surface area contributed by atoms with Crippen LogP contribution in [0, 0.1) is 5.92 Å². The first-order valence-electron chi connectivity index (χ1n) is 4.76. The fraction of sp³-hybridized carbons (Fsp3) is 0.900. The molecule has 0 fully saturated rings. The van der Waals surface area contributed by atoms with Gasteiger partial charge in [0.25, 0.3) is 0 Å². The predicted molar refractivity (Wildman–Crippen MR) is 51.2 cm³/mol. The molecule has 78 valence electrons. The van der Waals surface area contributed by atoms with Gasteiger partial charge in [-0.05, 0) is 26.7 Å². The van der Waals surface area contributed by atoms with Gasteiger partial charge in [0.2, 0.25) is 0 Å². The van der Waals surface area contributed by atoms with E-state index in [1.165, 1.54) is 0 Å². The summed E-state index contributed by atoms with van der Waals surface area (Å²) in [7, 11) is 0. The van der Waals surface area contributed by atoms with E-state index in [1.807, 2.05) is 27.7 Å². The molecule has 0 heterocycles. The highest BCUT2D eigenvalue weighted by Gasteiger charge is 2.12. The summed E-state index contributed by atoms with van der Waals surface area (Å²) in [6, 6.07) is 0. The molecule has 1 atom stereocenters. The second-order valence-electron chi connectivity index (χ2n) is 3.84. The summed E-state index contributed by atoms with van der Waals surface area (Å²) in [4.78, 5) is 11.1. The second-order valence-corrected chi connectivity index (χ2v) is 3.84. The molecule has 3 heteroatoms. The summed E-state index contributed by atoms with van der Waals surface area (Å²) in [6.07, 6.45) is 0.0966. The molecule has 0 rings (SSSR count). The van der Waals surface area contributed by atoms with E-state index < -0.39 is 6.29 Å². The van der Waals surface area contributed by atoms with Gasteiger partial charge in [0.05, 0.1) is 6.10 Å². The van der Waals surface area contributed by atoms with E-state index in [9.17, 15) is 4.79 Å². The molecule has 0 saturated carbocycles. The number of hydrogen-bond donors (Lipinski definition) is 0. The van der Waals surface area contributed by atoms with Gasteiger partial charge >= 0.3 is 5.97 Å². The molecule has 0 bridgehead atoms. The van der Waals surface area contributed by atoms with Gasteiger partial charge in [-0.15, -0.1) is 0 Å². The van der Waals surface area contributed by atoms with E-state index in [0.29, 0.717) is 12.3 Å². The minimum absolute atomic E-state index is 0.0850. The highest BCUT2D eigenvalue weighted by atomic mass is 16.7. The fourth-order valence-electron chi connectivity index (χ4n) is 0.978. The Labute approximate surface area is 80.4 Å². The minimum atomic E-state index is -0.439. The van der Waals surface area contributed by atoms with Gasteiger partial charge < -0.3 is 9.47 Å². The highest BCUT2D eigenvalue weighted by molar-refractivity contribution is 5.69. The molecule has 0 aliphatic carbocycles. The van der Waals surface area contributed by atoms with Crippen molar-refractivity contribution < 1.29 is 14.3 Å². The molecule has 0 radical (unpaired) electrons. The minimum Gasteiger partial charge on any atom is -0.436 e. The third-order valence-corrected chi connectivity index (χ3v) is 1.34. The molecule has 0 N–H and O–H groups in total. The lowest BCUT2D eigenvalue weighted by Crippen LogP contribution is -2.22. The first-order valence-corrected chi connectivity index (χ1v) is 4.76. The number of hydrogen-bond acceptors (Lipinski definition) is 3. The standard InChI is InChI=1S/C10H20O3/c1-7(2)6-10(11)13-9(5)12-8(3)4/h7-9H,6H2,1-5H3. The summed E-state index contributed by atoms with van der Waals surface area (Å²) < 4.78 is 10.3. The van der Waals surface area contributed by atoms with E-state index >= 15 is 0 Å². The Morgan fingerprint density at radius 3 is 2.08 bits per heavy atom. The van der Waals surface area contributed by atoms with Crippen LogP contribution in [0.2, 0.25) is 0 Å². The highest BCUT2D eigenvalue weighted by Crippen LogP contribution is 2.05. The van der Waals surface area contributed by atoms with Gasteiger partial charge in [-0.1, -0.05) is 13.8 Å². The van der Waals surface area contributed by atoms with Gasteiger partial charge in [0.15, 0.2) is 6.29 Å². The van der Waals surface area contributed by atoms with Crippen LogP contribution in [0.3, 0.4) is 0 Å². The van der Waals surface area contributed by atoms with Crippen LogP contribution in [-0.2, 0) is 14.3 Å². The monoisotopic (exact) mass is 188 g/mol. The quantitative estimate of drug-likeness (QED) is 0.490. The Morgan fingerprint density at radius 1 is 1.15 bits per heavy atom. The smallest absolute Gasteiger partial charge is 0.308 e. The molecule has 0 saturated heterocycles. The maximum Gasteiger partial charge on any atom is 0.308 e. The second kappa shape index (κ2) is 5.97. The van der Waals surface area contributed by atoms with Gasteiger partial charge in [-0.3, -0.25) is 4.79 Å². The number of carbonyl (C=O) groups is 1. The number of ether oxygens (including phenoxy) is 2. The number of esters is 1. The SMILES string of the molecule is CC(C)CC(=O)OC(C)OC(C)C. The normalized spacial score (nSPS) is 13.5. The summed E-state index contributed by atoms with van der Waals surface area (Å²) in [5, 5.41) is 0. The zero-order chi connectivity index (χ0) is 10.4. The molecule has 0 aliphatic heterocycles. The molecule has 0 aromatic heterocycles. The Hall–Kier alpha value is -0.570. The van der Waals surface area contributed by atoms with Crippen molar-refractivity contribution in [1.82, 2.24) is 0 Å². The van der Waals surface area contributed by atoms with Crippen molar-refractivity contribution in [1.29, 1.82) is 0 Å². The molecule has 13 heavy (non-hydrogen) atoms. The van der Waals surface area contributed by atoms with Crippen molar-refractivity contribution in [2.45, 2.75) is 53.4 Å². The summed E-state index contributed by atoms with van der Waals surface area (Å²) >= 11 is 0. The number of carbonyl (C=O) groups excluding carboxylic acids is 1. The summed E-state index contributed by atoms with van der Waals surface area (Å²) in [6.45, 7) is 9.52. The van der Waals surface area contributed by atoms with Crippen molar-refractivity contribution in [3.05, 3.63) is 0 Å². The van der Waals surface area contributed by atoms with Crippen molar-refractivity contribution >= 4 is 5.97 Å². The molecule has 0 aromatic rings. The summed E-state index contributed by atoms with van der Waals surface area (Å²) in [5.41, 5.74) is 0. The third-order valence-electron chi connectivity index (χ3n) is 1.34. The maximum atomic E-state index is 11.1. The van der Waals surface area contributed by atoms with Crippen LogP contribution >= 0.6 is 0 Å². The molecule has 0 amide bonds. The van der Waals surface area contributed by atoms with Crippen LogP contribution in [-0.4, -0.2) is 18.4 Å². The first-order chi connectivity index (χ1) is 5.91. The molecule has 0 aromatic carbocycles. The van der Waals surface area contributed by atoms with Crippen LogP contribution in [0.1, 0.15) is 41.0 Å². The van der Waals surface area contributed by atoms with Crippen LogP contribution in [0.5, 0.6) is 0 Å². The largest absolute Gasteiger partial charge is 0.436 e. The van der Waals surface area contributed by atoms with Crippen LogP contribution in [0.25, 0.3) is 0 Å². The van der Waals surface area contributed by atoms with Crippen LogP contribution in [0.4, 0.5) is 0 Å². The Balaban J connectivity index is 3.65. The molecular formula is C10H20O3. The molecule has 0 aliphatic rings. The lowest BCUT2D eigenvalue weighted by atomic mass is 10.1. The van der Waals surface area contributed by atoms with Crippen LogP contribution < -0.4 is 0 Å². The topological polar surface area (TPSA) is 35.5 Å². The predicted octanol–water partition coefficient (Wildman–Crippen LogP) is 2.35.